The largest absolute Gasteiger partial charge is 0.416 e. The molecule has 2 fully saturated rings. The molecular formula is C15H15F3N4O. The summed E-state index contributed by atoms with van der Waals surface area (Å²) in [4.78, 5) is 14.9. The highest BCUT2D eigenvalue weighted by atomic mass is 19.4. The number of hydrogen-bond donors (Lipinski definition) is 2. The molecule has 0 aliphatic carbocycles. The number of piperazine rings is 1. The number of aromatic nitrogens is 2. The summed E-state index contributed by atoms with van der Waals surface area (Å²) in [5, 5.41) is 10.3. The number of rotatable bonds is 2. The van der Waals surface area contributed by atoms with E-state index in [4.69, 9.17) is 0 Å². The van der Waals surface area contributed by atoms with Gasteiger partial charge in [-0.1, -0.05) is 0 Å². The molecule has 5 nitrogen and oxygen atoms in total. The lowest BCUT2D eigenvalue weighted by atomic mass is 10.0. The minimum Gasteiger partial charge on any atom is -0.310 e. The van der Waals surface area contributed by atoms with Crippen molar-refractivity contribution in [3.8, 4) is 0 Å². The molecule has 8 heteroatoms. The fourth-order valence-corrected chi connectivity index (χ4v) is 3.70. The fraction of sp³-hybridized carbons (Fsp3) is 0.467. The van der Waals surface area contributed by atoms with Crippen LogP contribution in [0.25, 0.3) is 10.9 Å². The monoisotopic (exact) mass is 324 g/mol. The summed E-state index contributed by atoms with van der Waals surface area (Å²) < 4.78 is 38.3. The average molecular weight is 324 g/mol. The first-order valence-electron chi connectivity index (χ1n) is 7.41. The van der Waals surface area contributed by atoms with E-state index in [1.165, 1.54) is 6.07 Å². The molecule has 0 spiro atoms. The molecule has 3 atom stereocenters. The number of carbonyl (C=O) groups is 1. The second kappa shape index (κ2) is 4.78. The number of likely N-dealkylation sites (tertiary alicyclic amines) is 1. The smallest absolute Gasteiger partial charge is 0.310 e. The van der Waals surface area contributed by atoms with Gasteiger partial charge in [0.15, 0.2) is 0 Å². The molecule has 2 N–H and O–H groups in total. The van der Waals surface area contributed by atoms with Crippen LogP contribution in [0.3, 0.4) is 0 Å². The molecule has 2 aromatic rings. The molecule has 122 valence electrons. The second-order valence-electron chi connectivity index (χ2n) is 6.21. The molecule has 3 heterocycles. The highest BCUT2D eigenvalue weighted by molar-refractivity contribution is 6.09. The zero-order chi connectivity index (χ0) is 16.4. The van der Waals surface area contributed by atoms with Gasteiger partial charge >= 0.3 is 6.18 Å². The first kappa shape index (κ1) is 14.6. The fourth-order valence-electron chi connectivity index (χ4n) is 3.70. The highest BCUT2D eigenvalue weighted by Crippen LogP contribution is 2.33. The Hall–Kier alpha value is -1.93. The van der Waals surface area contributed by atoms with Gasteiger partial charge in [0, 0.05) is 24.0 Å². The van der Waals surface area contributed by atoms with E-state index in [0.29, 0.717) is 11.4 Å². The summed E-state index contributed by atoms with van der Waals surface area (Å²) in [6, 6.07) is 3.38. The Kier molecular flexibility index (Phi) is 3.05. The van der Waals surface area contributed by atoms with Gasteiger partial charge in [-0.05, 0) is 31.7 Å². The number of ketones is 1. The summed E-state index contributed by atoms with van der Waals surface area (Å²) in [7, 11) is 1.91. The van der Waals surface area contributed by atoms with Gasteiger partial charge in [-0.25, -0.2) is 0 Å². The summed E-state index contributed by atoms with van der Waals surface area (Å²) in [5.74, 6) is -0.154. The van der Waals surface area contributed by atoms with E-state index in [-0.39, 0.29) is 29.1 Å². The number of carbonyl (C=O) groups excluding carboxylic acids is 1. The molecule has 1 aromatic heterocycles. The van der Waals surface area contributed by atoms with Gasteiger partial charge < -0.3 is 5.32 Å². The van der Waals surface area contributed by atoms with E-state index in [1.807, 2.05) is 11.9 Å². The first-order valence-corrected chi connectivity index (χ1v) is 7.41. The Labute approximate surface area is 129 Å². The summed E-state index contributed by atoms with van der Waals surface area (Å²) >= 11 is 0. The van der Waals surface area contributed by atoms with Crippen LogP contribution >= 0.6 is 0 Å². The molecule has 23 heavy (non-hydrogen) atoms. The van der Waals surface area contributed by atoms with E-state index in [1.54, 1.807) is 0 Å². The highest BCUT2D eigenvalue weighted by Gasteiger charge is 2.48. The molecule has 1 aromatic carbocycles. The number of fused-ring (bicyclic) bond motifs is 3. The number of likely N-dealkylation sites (N-methyl/N-ethyl adjacent to an activating group) is 1. The maximum absolute atomic E-state index is 12.8. The Morgan fingerprint density at radius 3 is 2.83 bits per heavy atom. The predicted octanol–water partition coefficient (Wildman–Crippen LogP) is 1.81. The van der Waals surface area contributed by atoms with E-state index < -0.39 is 11.7 Å². The third-order valence-electron chi connectivity index (χ3n) is 4.93. The minimum atomic E-state index is -4.42. The van der Waals surface area contributed by atoms with Gasteiger partial charge in [0.2, 0.25) is 5.78 Å². The standard InChI is InChI=1S/C15H15F3N4O/c1-22-8-5-11(19-6-8)13(22)14(23)12-9-3-2-7(15(16,17)18)4-10(9)20-21-12/h2-4,8,11,13,19H,5-6H2,1H3,(H,20,21)/t8-,11+,13?/m0/s1. The van der Waals surface area contributed by atoms with Crippen molar-refractivity contribution in [1.29, 1.82) is 0 Å². The van der Waals surface area contributed by atoms with Gasteiger partial charge in [-0.3, -0.25) is 14.8 Å². The van der Waals surface area contributed by atoms with Crippen LogP contribution in [-0.4, -0.2) is 52.6 Å². The summed E-state index contributed by atoms with van der Waals surface area (Å²) in [5.41, 5.74) is -0.326. The number of Topliss-reactive ketones (excluding diaryl/α,β-unsaturated/α-hetero) is 1. The molecule has 2 saturated heterocycles. The minimum absolute atomic E-state index is 0.0821. The Balaban J connectivity index is 1.71. The maximum atomic E-state index is 12.8. The van der Waals surface area contributed by atoms with Crippen LogP contribution in [0.5, 0.6) is 0 Å². The zero-order valence-electron chi connectivity index (χ0n) is 12.3. The number of nitrogens with one attached hydrogen (secondary N) is 2. The van der Waals surface area contributed by atoms with Crippen LogP contribution in [0.1, 0.15) is 22.5 Å². The van der Waals surface area contributed by atoms with Gasteiger partial charge in [0.05, 0.1) is 17.1 Å². The number of H-pyrrole nitrogens is 1. The average Bonchev–Trinajstić information content (AvgIpc) is 3.18. The molecule has 2 aliphatic heterocycles. The van der Waals surface area contributed by atoms with Gasteiger partial charge in [-0.15, -0.1) is 0 Å². The number of alkyl halides is 3. The van der Waals surface area contributed by atoms with Gasteiger partial charge in [0.1, 0.15) is 5.69 Å². The van der Waals surface area contributed by atoms with Gasteiger partial charge in [0.25, 0.3) is 0 Å². The molecule has 2 aliphatic rings. The predicted molar refractivity (Wildman–Crippen MR) is 77.2 cm³/mol. The Morgan fingerprint density at radius 2 is 2.17 bits per heavy atom. The SMILES string of the molecule is CN1C(C(=O)c2n[nH]c3cc(C(F)(F)F)ccc23)[C@H]2C[C@H]1CN2. The van der Waals surface area contributed by atoms with E-state index in [2.05, 4.69) is 15.5 Å². The van der Waals surface area contributed by atoms with Crippen LogP contribution in [0.2, 0.25) is 0 Å². The van der Waals surface area contributed by atoms with Crippen molar-refractivity contribution < 1.29 is 18.0 Å². The van der Waals surface area contributed by atoms with Crippen molar-refractivity contribution in [3.05, 3.63) is 29.5 Å². The molecule has 0 radical (unpaired) electrons. The zero-order valence-corrected chi connectivity index (χ0v) is 12.3. The Morgan fingerprint density at radius 1 is 1.39 bits per heavy atom. The molecular weight excluding hydrogens is 309 g/mol. The van der Waals surface area contributed by atoms with Crippen molar-refractivity contribution in [2.75, 3.05) is 13.6 Å². The number of aromatic amines is 1. The molecule has 2 bridgehead atoms. The van der Waals surface area contributed by atoms with Crippen LogP contribution in [0, 0.1) is 0 Å². The van der Waals surface area contributed by atoms with Crippen molar-refractivity contribution in [2.24, 2.45) is 0 Å². The molecule has 0 saturated carbocycles. The second-order valence-corrected chi connectivity index (χ2v) is 6.21. The van der Waals surface area contributed by atoms with Crippen LogP contribution in [0.15, 0.2) is 18.2 Å². The third kappa shape index (κ3) is 2.16. The normalized spacial score (nSPS) is 27.9. The van der Waals surface area contributed by atoms with Crippen LogP contribution < -0.4 is 5.32 Å². The molecule has 0 amide bonds. The number of hydrogen-bond acceptors (Lipinski definition) is 4. The van der Waals surface area contributed by atoms with E-state index >= 15 is 0 Å². The summed E-state index contributed by atoms with van der Waals surface area (Å²) in [6.07, 6.45) is -3.51. The topological polar surface area (TPSA) is 61.0 Å². The third-order valence-corrected chi connectivity index (χ3v) is 4.93. The van der Waals surface area contributed by atoms with E-state index in [9.17, 15) is 18.0 Å². The Bertz CT molecular complexity index is 783. The number of nitrogens with zero attached hydrogens (tertiary/aromatic N) is 2. The lowest BCUT2D eigenvalue weighted by Gasteiger charge is -2.30. The molecule has 1 unspecified atom stereocenters. The van der Waals surface area contributed by atoms with Crippen molar-refractivity contribution in [2.45, 2.75) is 30.7 Å². The van der Waals surface area contributed by atoms with E-state index in [0.717, 1.165) is 25.1 Å². The van der Waals surface area contributed by atoms with Crippen LogP contribution in [0.4, 0.5) is 13.2 Å². The van der Waals surface area contributed by atoms with Crippen molar-refractivity contribution in [1.82, 2.24) is 20.4 Å². The van der Waals surface area contributed by atoms with Crippen molar-refractivity contribution >= 4 is 16.7 Å². The number of benzene rings is 1. The lowest BCUT2D eigenvalue weighted by molar-refractivity contribution is -0.137. The van der Waals surface area contributed by atoms with Crippen LogP contribution in [-0.2, 0) is 6.18 Å². The maximum Gasteiger partial charge on any atom is 0.416 e. The van der Waals surface area contributed by atoms with Gasteiger partial charge in [-0.2, -0.15) is 18.3 Å². The number of halogens is 3. The molecule has 4 rings (SSSR count). The quantitative estimate of drug-likeness (QED) is 0.827. The summed E-state index contributed by atoms with van der Waals surface area (Å²) in [6.45, 7) is 0.862. The lowest BCUT2D eigenvalue weighted by Crippen LogP contribution is -2.53. The first-order chi connectivity index (χ1) is 10.9. The van der Waals surface area contributed by atoms with Crippen molar-refractivity contribution in [3.63, 3.8) is 0 Å².